The predicted molar refractivity (Wildman–Crippen MR) is 96.9 cm³/mol. The van der Waals surface area contributed by atoms with E-state index >= 15 is 0 Å². The zero-order valence-electron chi connectivity index (χ0n) is 13.9. The van der Waals surface area contributed by atoms with E-state index in [0.717, 1.165) is 23.1 Å². The second-order valence-corrected chi connectivity index (χ2v) is 6.92. The summed E-state index contributed by atoms with van der Waals surface area (Å²) < 4.78 is 27.5. The van der Waals surface area contributed by atoms with Gasteiger partial charge >= 0.3 is 0 Å². The van der Waals surface area contributed by atoms with Crippen molar-refractivity contribution in [3.63, 3.8) is 0 Å². The molecule has 3 nitrogen and oxygen atoms in total. The van der Waals surface area contributed by atoms with Gasteiger partial charge < -0.3 is 10.2 Å². The molecule has 1 atom stereocenters. The highest BCUT2D eigenvalue weighted by Crippen LogP contribution is 2.32. The minimum atomic E-state index is -1.03. The monoisotopic (exact) mass is 360 g/mol. The summed E-state index contributed by atoms with van der Waals surface area (Å²) >= 11 is 1.66. The highest BCUT2D eigenvalue weighted by Gasteiger charge is 2.19. The van der Waals surface area contributed by atoms with Gasteiger partial charge in [0.1, 0.15) is 0 Å². The molecule has 0 aliphatic heterocycles. The van der Waals surface area contributed by atoms with Gasteiger partial charge in [0.25, 0.3) is 5.91 Å². The molecule has 6 heteroatoms. The van der Waals surface area contributed by atoms with Crippen LogP contribution in [-0.2, 0) is 0 Å². The molecular weight excluding hydrogens is 342 g/mol. The third-order valence-electron chi connectivity index (χ3n) is 4.13. The van der Waals surface area contributed by atoms with E-state index < -0.39 is 17.5 Å². The van der Waals surface area contributed by atoms with Gasteiger partial charge in [0.15, 0.2) is 11.6 Å². The van der Waals surface area contributed by atoms with Crippen LogP contribution in [-0.4, -0.2) is 31.4 Å². The molecule has 0 saturated heterocycles. The quantitative estimate of drug-likeness (QED) is 0.739. The lowest BCUT2D eigenvalue weighted by Crippen LogP contribution is -2.34. The van der Waals surface area contributed by atoms with Crippen LogP contribution in [0, 0.1) is 11.6 Å². The van der Waals surface area contributed by atoms with E-state index in [4.69, 9.17) is 0 Å². The number of benzene rings is 2. The van der Waals surface area contributed by atoms with Crippen molar-refractivity contribution in [2.45, 2.75) is 6.04 Å². The van der Waals surface area contributed by atoms with E-state index in [-0.39, 0.29) is 11.6 Å². The van der Waals surface area contributed by atoms with Crippen LogP contribution in [0.2, 0.25) is 0 Å². The van der Waals surface area contributed by atoms with E-state index in [2.05, 4.69) is 22.8 Å². The summed E-state index contributed by atoms with van der Waals surface area (Å²) in [6, 6.07) is 11.2. The number of carbonyl (C=O) groups excluding carboxylic acids is 1. The van der Waals surface area contributed by atoms with E-state index in [9.17, 15) is 13.6 Å². The van der Waals surface area contributed by atoms with Gasteiger partial charge in [-0.1, -0.05) is 18.2 Å². The van der Waals surface area contributed by atoms with Crippen LogP contribution in [0.3, 0.4) is 0 Å². The third-order valence-corrected chi connectivity index (χ3v) is 5.11. The molecule has 1 aromatic heterocycles. The van der Waals surface area contributed by atoms with Gasteiger partial charge in [-0.3, -0.25) is 4.79 Å². The summed E-state index contributed by atoms with van der Waals surface area (Å²) in [5, 5.41) is 6.07. The molecule has 0 bridgehead atoms. The predicted octanol–water partition coefficient (Wildman–Crippen LogP) is 4.21. The number of hydrogen-bond donors (Lipinski definition) is 1. The van der Waals surface area contributed by atoms with Gasteiger partial charge in [0, 0.05) is 16.8 Å². The lowest BCUT2D eigenvalue weighted by Gasteiger charge is -2.24. The maximum atomic E-state index is 13.3. The summed E-state index contributed by atoms with van der Waals surface area (Å²) in [6.45, 7) is 0.367. The van der Waals surface area contributed by atoms with Crippen molar-refractivity contribution >= 4 is 27.3 Å². The zero-order chi connectivity index (χ0) is 18.0. The first-order chi connectivity index (χ1) is 12.0. The lowest BCUT2D eigenvalue weighted by molar-refractivity contribution is 0.0941. The number of fused-ring (bicyclic) bond motifs is 1. The number of nitrogens with one attached hydrogen (secondary N) is 1. The van der Waals surface area contributed by atoms with Crippen LogP contribution < -0.4 is 5.32 Å². The zero-order valence-corrected chi connectivity index (χ0v) is 14.7. The van der Waals surface area contributed by atoms with Crippen LogP contribution in [0.5, 0.6) is 0 Å². The fourth-order valence-corrected chi connectivity index (χ4v) is 3.76. The van der Waals surface area contributed by atoms with Crippen molar-refractivity contribution in [1.82, 2.24) is 10.2 Å². The Labute approximate surface area is 148 Å². The van der Waals surface area contributed by atoms with Gasteiger partial charge in [0.2, 0.25) is 0 Å². The molecular formula is C19H18F2N2OS. The molecule has 130 valence electrons. The molecule has 0 spiro atoms. The number of carbonyl (C=O) groups is 1. The highest BCUT2D eigenvalue weighted by atomic mass is 32.1. The Morgan fingerprint density at radius 3 is 2.64 bits per heavy atom. The number of thiophene rings is 1. The van der Waals surface area contributed by atoms with Crippen LogP contribution in [0.4, 0.5) is 8.78 Å². The fourth-order valence-electron chi connectivity index (χ4n) is 2.76. The molecule has 3 rings (SSSR count). The third kappa shape index (κ3) is 3.70. The molecule has 1 unspecified atom stereocenters. The van der Waals surface area contributed by atoms with E-state index in [1.807, 2.05) is 31.1 Å². The second kappa shape index (κ2) is 7.29. The molecule has 1 N–H and O–H groups in total. The largest absolute Gasteiger partial charge is 0.350 e. The van der Waals surface area contributed by atoms with Gasteiger partial charge in [-0.05, 0) is 54.7 Å². The molecule has 1 amide bonds. The summed E-state index contributed by atoms with van der Waals surface area (Å²) in [6.07, 6.45) is 0. The van der Waals surface area contributed by atoms with Crippen molar-refractivity contribution in [2.75, 3.05) is 20.6 Å². The number of hydrogen-bond acceptors (Lipinski definition) is 3. The Morgan fingerprint density at radius 2 is 1.92 bits per heavy atom. The standard InChI is InChI=1S/C19H18F2N2OS/c1-23(2)17(14-11-25-18-6-4-3-5-13(14)18)10-22-19(24)12-7-8-15(20)16(21)9-12/h3-9,11,17H,10H2,1-2H3,(H,22,24). The number of likely N-dealkylation sites (N-methyl/N-ethyl adjacent to an activating group) is 1. The smallest absolute Gasteiger partial charge is 0.251 e. The molecule has 1 heterocycles. The number of rotatable bonds is 5. The Bertz CT molecular complexity index is 907. The maximum absolute atomic E-state index is 13.3. The van der Waals surface area contributed by atoms with Gasteiger partial charge in [-0.15, -0.1) is 11.3 Å². The van der Waals surface area contributed by atoms with Crippen molar-refractivity contribution in [3.05, 3.63) is 70.6 Å². The first-order valence-corrected chi connectivity index (χ1v) is 8.71. The van der Waals surface area contributed by atoms with Gasteiger partial charge in [-0.25, -0.2) is 8.78 Å². The van der Waals surface area contributed by atoms with E-state index in [1.165, 1.54) is 10.8 Å². The minimum absolute atomic E-state index is 0.0228. The molecule has 25 heavy (non-hydrogen) atoms. The summed E-state index contributed by atoms with van der Waals surface area (Å²) in [5.41, 5.74) is 1.24. The van der Waals surface area contributed by atoms with Crippen molar-refractivity contribution in [2.24, 2.45) is 0 Å². The Hall–Kier alpha value is -2.31. The van der Waals surface area contributed by atoms with Crippen molar-refractivity contribution in [3.8, 4) is 0 Å². The Morgan fingerprint density at radius 1 is 1.16 bits per heavy atom. The maximum Gasteiger partial charge on any atom is 0.251 e. The second-order valence-electron chi connectivity index (χ2n) is 6.01. The fraction of sp³-hybridized carbons (Fsp3) is 0.211. The first kappa shape index (κ1) is 17.5. The number of nitrogens with zero attached hydrogens (tertiary/aromatic N) is 1. The number of amides is 1. The summed E-state index contributed by atoms with van der Waals surface area (Å²) in [5.74, 6) is -2.42. The Balaban J connectivity index is 1.78. The highest BCUT2D eigenvalue weighted by molar-refractivity contribution is 7.17. The van der Waals surface area contributed by atoms with Gasteiger partial charge in [-0.2, -0.15) is 0 Å². The van der Waals surface area contributed by atoms with Crippen LogP contribution in [0.1, 0.15) is 22.0 Å². The first-order valence-electron chi connectivity index (χ1n) is 7.83. The van der Waals surface area contributed by atoms with Crippen LogP contribution in [0.15, 0.2) is 47.8 Å². The number of halogens is 2. The van der Waals surface area contributed by atoms with Crippen LogP contribution >= 0.6 is 11.3 Å². The van der Waals surface area contributed by atoms with Crippen LogP contribution in [0.25, 0.3) is 10.1 Å². The molecule has 0 aliphatic carbocycles. The van der Waals surface area contributed by atoms with E-state index in [0.29, 0.717) is 6.54 Å². The average molecular weight is 360 g/mol. The molecule has 2 aromatic carbocycles. The molecule has 0 radical (unpaired) electrons. The molecule has 0 aliphatic rings. The summed E-state index contributed by atoms with van der Waals surface area (Å²) in [4.78, 5) is 14.3. The molecule has 0 saturated carbocycles. The van der Waals surface area contributed by atoms with E-state index in [1.54, 1.807) is 11.3 Å². The molecule has 0 fully saturated rings. The van der Waals surface area contributed by atoms with Crippen molar-refractivity contribution in [1.29, 1.82) is 0 Å². The lowest BCUT2D eigenvalue weighted by atomic mass is 10.0. The SMILES string of the molecule is CN(C)C(CNC(=O)c1ccc(F)c(F)c1)c1csc2ccccc12. The Kier molecular flexibility index (Phi) is 5.11. The van der Waals surface area contributed by atoms with Crippen molar-refractivity contribution < 1.29 is 13.6 Å². The average Bonchev–Trinajstić information content (AvgIpc) is 3.01. The van der Waals surface area contributed by atoms with Gasteiger partial charge in [0.05, 0.1) is 6.04 Å². The normalized spacial score (nSPS) is 12.5. The summed E-state index contributed by atoms with van der Waals surface area (Å²) in [7, 11) is 3.89. The molecule has 3 aromatic rings. The minimum Gasteiger partial charge on any atom is -0.350 e. The topological polar surface area (TPSA) is 32.3 Å².